The van der Waals surface area contributed by atoms with Crippen molar-refractivity contribution >= 4 is 50.7 Å². The van der Waals surface area contributed by atoms with Crippen LogP contribution in [0.2, 0.25) is 0 Å². The number of ether oxygens (including phenoxy) is 1. The summed E-state index contributed by atoms with van der Waals surface area (Å²) < 4.78 is 5.39. The number of nitrogens with zero attached hydrogens (tertiary/aromatic N) is 3. The quantitative estimate of drug-likeness (QED) is 0.439. The topological polar surface area (TPSA) is 101 Å². The Labute approximate surface area is 201 Å². The minimum absolute atomic E-state index is 0.0174. The van der Waals surface area contributed by atoms with Crippen LogP contribution in [-0.4, -0.2) is 47.3 Å². The number of thiophene rings is 1. The zero-order valence-electron chi connectivity index (χ0n) is 19.2. The molecule has 1 aromatic carbocycles. The maximum atomic E-state index is 12.7. The second kappa shape index (κ2) is 9.13. The van der Waals surface area contributed by atoms with Gasteiger partial charge in [-0.2, -0.15) is 0 Å². The molecule has 0 radical (unpaired) electrons. The van der Waals surface area contributed by atoms with Gasteiger partial charge in [-0.3, -0.25) is 14.4 Å². The lowest BCUT2D eigenvalue weighted by atomic mass is 9.96. The number of hydrogen-bond acceptors (Lipinski definition) is 8. The van der Waals surface area contributed by atoms with Crippen molar-refractivity contribution in [3.8, 4) is 0 Å². The van der Waals surface area contributed by atoms with Gasteiger partial charge < -0.3 is 15.0 Å². The molecule has 34 heavy (non-hydrogen) atoms. The second-order valence-corrected chi connectivity index (χ2v) is 10.1. The summed E-state index contributed by atoms with van der Waals surface area (Å²) in [6.07, 6.45) is 3.92. The number of aromatic nitrogens is 2. The Morgan fingerprint density at radius 1 is 1.18 bits per heavy atom. The molecule has 8 nitrogen and oxygen atoms in total. The first-order chi connectivity index (χ1) is 16.4. The van der Waals surface area contributed by atoms with Crippen molar-refractivity contribution in [3.05, 3.63) is 46.1 Å². The fourth-order valence-electron chi connectivity index (χ4n) is 4.63. The van der Waals surface area contributed by atoms with Crippen LogP contribution in [0.3, 0.4) is 0 Å². The summed E-state index contributed by atoms with van der Waals surface area (Å²) >= 11 is 1.68. The van der Waals surface area contributed by atoms with Gasteiger partial charge in [-0.15, -0.1) is 11.3 Å². The fourth-order valence-corrected chi connectivity index (χ4v) is 5.62. The molecule has 0 saturated carbocycles. The third kappa shape index (κ3) is 4.27. The van der Waals surface area contributed by atoms with Crippen molar-refractivity contribution < 1.29 is 19.1 Å². The molecule has 1 N–H and O–H groups in total. The Morgan fingerprint density at radius 3 is 2.76 bits per heavy atom. The summed E-state index contributed by atoms with van der Waals surface area (Å²) in [5.74, 6) is 0.116. The van der Waals surface area contributed by atoms with Gasteiger partial charge in [0.25, 0.3) is 0 Å². The standard InChI is InChI=1S/C25H26N4O4S/c1-14-15(2)34-24-22(14)23(26-13-27-24)29-9-7-16(8-10-29)25(32)33-12-20(30)18-3-5-19-17(11-18)4-6-21(31)28-19/h3,5,11,13,16H,4,6-10,12H2,1-2H3,(H,28,31). The molecule has 4 heterocycles. The molecule has 1 saturated heterocycles. The third-order valence-electron chi connectivity index (χ3n) is 6.74. The van der Waals surface area contributed by atoms with Crippen LogP contribution in [0.5, 0.6) is 0 Å². The molecular weight excluding hydrogens is 452 g/mol. The van der Waals surface area contributed by atoms with Gasteiger partial charge in [0.15, 0.2) is 12.4 Å². The molecule has 1 amide bonds. The Kier molecular flexibility index (Phi) is 6.03. The summed E-state index contributed by atoms with van der Waals surface area (Å²) in [5, 5.41) is 3.90. The molecule has 9 heteroatoms. The summed E-state index contributed by atoms with van der Waals surface area (Å²) in [6.45, 7) is 5.32. The van der Waals surface area contributed by atoms with Gasteiger partial charge in [-0.25, -0.2) is 9.97 Å². The van der Waals surface area contributed by atoms with Crippen molar-refractivity contribution in [2.45, 2.75) is 39.5 Å². The van der Waals surface area contributed by atoms with E-state index >= 15 is 0 Å². The number of esters is 1. The molecule has 2 aliphatic heterocycles. The molecule has 2 aliphatic rings. The van der Waals surface area contributed by atoms with E-state index in [4.69, 9.17) is 4.74 Å². The summed E-state index contributed by atoms with van der Waals surface area (Å²) in [7, 11) is 0. The predicted octanol–water partition coefficient (Wildman–Crippen LogP) is 3.84. The second-order valence-electron chi connectivity index (χ2n) is 8.87. The van der Waals surface area contributed by atoms with Crippen molar-refractivity contribution in [3.63, 3.8) is 0 Å². The van der Waals surface area contributed by atoms with Crippen molar-refractivity contribution in [1.82, 2.24) is 9.97 Å². The molecule has 0 spiro atoms. The fraction of sp³-hybridized carbons (Fsp3) is 0.400. The third-order valence-corrected chi connectivity index (χ3v) is 7.86. The van der Waals surface area contributed by atoms with E-state index in [-0.39, 0.29) is 30.2 Å². The largest absolute Gasteiger partial charge is 0.457 e. The number of fused-ring (bicyclic) bond motifs is 2. The van der Waals surface area contributed by atoms with Crippen LogP contribution < -0.4 is 10.2 Å². The number of amides is 1. The molecule has 0 aliphatic carbocycles. The van der Waals surface area contributed by atoms with E-state index < -0.39 is 0 Å². The molecule has 0 unspecified atom stereocenters. The molecule has 5 rings (SSSR count). The van der Waals surface area contributed by atoms with Crippen molar-refractivity contribution in [1.29, 1.82) is 0 Å². The lowest BCUT2D eigenvalue weighted by molar-refractivity contribution is -0.148. The molecule has 3 aromatic rings. The lowest BCUT2D eigenvalue weighted by Gasteiger charge is -2.32. The monoisotopic (exact) mass is 478 g/mol. The van der Waals surface area contributed by atoms with E-state index in [1.54, 1.807) is 35.9 Å². The van der Waals surface area contributed by atoms with E-state index in [1.807, 2.05) is 0 Å². The number of hydrogen-bond donors (Lipinski definition) is 1. The first kappa shape index (κ1) is 22.5. The Bertz CT molecular complexity index is 1290. The smallest absolute Gasteiger partial charge is 0.309 e. The molecule has 2 aromatic heterocycles. The average Bonchev–Trinajstić information content (AvgIpc) is 3.15. The normalized spacial score (nSPS) is 16.3. The number of aryl methyl sites for hydroxylation is 3. The zero-order valence-corrected chi connectivity index (χ0v) is 20.0. The summed E-state index contributed by atoms with van der Waals surface area (Å²) in [6, 6.07) is 5.17. The number of anilines is 2. The van der Waals surface area contributed by atoms with E-state index in [0.717, 1.165) is 27.3 Å². The highest BCUT2D eigenvalue weighted by molar-refractivity contribution is 7.18. The first-order valence-electron chi connectivity index (χ1n) is 11.5. The lowest BCUT2D eigenvalue weighted by Crippen LogP contribution is -2.37. The molecular formula is C25H26N4O4S. The van der Waals surface area contributed by atoms with Gasteiger partial charge in [-0.1, -0.05) is 0 Å². The molecule has 176 valence electrons. The van der Waals surface area contributed by atoms with Gasteiger partial charge in [-0.05, 0) is 62.4 Å². The SMILES string of the molecule is Cc1sc2ncnc(N3CCC(C(=O)OCC(=O)c4ccc5c(c4)CCC(=O)N5)CC3)c2c1C. The number of nitrogens with one attached hydrogen (secondary N) is 1. The summed E-state index contributed by atoms with van der Waals surface area (Å²) in [5.41, 5.74) is 3.37. The van der Waals surface area contributed by atoms with E-state index in [2.05, 4.69) is 34.0 Å². The number of Topliss-reactive ketones (excluding diaryl/α,β-unsaturated/α-hetero) is 1. The van der Waals surface area contributed by atoms with Crippen LogP contribution in [0, 0.1) is 19.8 Å². The zero-order chi connectivity index (χ0) is 23.8. The van der Waals surface area contributed by atoms with Crippen LogP contribution in [0.1, 0.15) is 45.6 Å². The van der Waals surface area contributed by atoms with Gasteiger partial charge >= 0.3 is 5.97 Å². The van der Waals surface area contributed by atoms with Crippen LogP contribution in [0.25, 0.3) is 10.2 Å². The van der Waals surface area contributed by atoms with Crippen LogP contribution in [0.4, 0.5) is 11.5 Å². The minimum atomic E-state index is -0.325. The maximum Gasteiger partial charge on any atom is 0.309 e. The van der Waals surface area contributed by atoms with Gasteiger partial charge in [0.2, 0.25) is 5.91 Å². The van der Waals surface area contributed by atoms with Crippen LogP contribution >= 0.6 is 11.3 Å². The van der Waals surface area contributed by atoms with Crippen molar-refractivity contribution in [2.75, 3.05) is 29.9 Å². The highest BCUT2D eigenvalue weighted by atomic mass is 32.1. The van der Waals surface area contributed by atoms with Gasteiger partial charge in [0, 0.05) is 35.6 Å². The number of carbonyl (C=O) groups excluding carboxylic acids is 3. The van der Waals surface area contributed by atoms with E-state index in [1.165, 1.54) is 10.4 Å². The summed E-state index contributed by atoms with van der Waals surface area (Å²) in [4.78, 5) is 50.1. The first-order valence-corrected chi connectivity index (χ1v) is 12.3. The number of carbonyl (C=O) groups is 3. The maximum absolute atomic E-state index is 12.7. The van der Waals surface area contributed by atoms with E-state index in [9.17, 15) is 14.4 Å². The Morgan fingerprint density at radius 2 is 1.97 bits per heavy atom. The van der Waals surface area contributed by atoms with Crippen LogP contribution in [0.15, 0.2) is 24.5 Å². The average molecular weight is 479 g/mol. The number of benzene rings is 1. The van der Waals surface area contributed by atoms with E-state index in [0.29, 0.717) is 44.3 Å². The molecule has 1 fully saturated rings. The number of piperidine rings is 1. The van der Waals surface area contributed by atoms with Gasteiger partial charge in [0.05, 0.1) is 11.3 Å². The number of ketones is 1. The van der Waals surface area contributed by atoms with Gasteiger partial charge in [0.1, 0.15) is 17.0 Å². The predicted molar refractivity (Wildman–Crippen MR) is 131 cm³/mol. The van der Waals surface area contributed by atoms with Crippen molar-refractivity contribution in [2.24, 2.45) is 5.92 Å². The molecule has 0 bridgehead atoms. The minimum Gasteiger partial charge on any atom is -0.457 e. The Balaban J connectivity index is 1.17. The highest BCUT2D eigenvalue weighted by Gasteiger charge is 2.29. The molecule has 0 atom stereocenters. The van der Waals surface area contributed by atoms with Crippen LogP contribution in [-0.2, 0) is 20.7 Å². The highest BCUT2D eigenvalue weighted by Crippen LogP contribution is 2.35. The number of rotatable bonds is 5. The Hall–Kier alpha value is -3.33.